The first-order chi connectivity index (χ1) is 8.65. The lowest BCUT2D eigenvalue weighted by atomic mass is 9.75. The van der Waals surface area contributed by atoms with E-state index in [0.29, 0.717) is 0 Å². The summed E-state index contributed by atoms with van der Waals surface area (Å²) in [5.74, 6) is 0.0443. The van der Waals surface area contributed by atoms with Crippen LogP contribution in [0.25, 0.3) is 0 Å². The van der Waals surface area contributed by atoms with Crippen molar-refractivity contribution in [2.45, 2.75) is 32.1 Å². The van der Waals surface area contributed by atoms with E-state index in [1.807, 2.05) is 11.4 Å². The van der Waals surface area contributed by atoms with Gasteiger partial charge < -0.3 is 5.32 Å². The number of hydrogen-bond acceptors (Lipinski definition) is 2. The molecule has 1 heterocycles. The standard InChI is InChI=1S/C13H17Br2NOS/c14-8-13(4-2-1-3-5-13)9-16-12(17)10-6-11(15)18-7-10/h6-7H,1-5,8-9H2,(H,16,17). The highest BCUT2D eigenvalue weighted by Crippen LogP contribution is 2.37. The highest BCUT2D eigenvalue weighted by atomic mass is 79.9. The van der Waals surface area contributed by atoms with E-state index in [2.05, 4.69) is 37.2 Å². The number of rotatable bonds is 4. The third-order valence-electron chi connectivity index (χ3n) is 3.65. The van der Waals surface area contributed by atoms with Crippen LogP contribution in [0.15, 0.2) is 15.2 Å². The fraction of sp³-hybridized carbons (Fsp3) is 0.615. The molecule has 2 rings (SSSR count). The van der Waals surface area contributed by atoms with Crippen LogP contribution in [0.1, 0.15) is 42.5 Å². The Balaban J connectivity index is 1.91. The van der Waals surface area contributed by atoms with Gasteiger partial charge in [-0.3, -0.25) is 4.79 Å². The zero-order valence-corrected chi connectivity index (χ0v) is 14.2. The number of amides is 1. The lowest BCUT2D eigenvalue weighted by molar-refractivity contribution is 0.0922. The van der Waals surface area contributed by atoms with Crippen molar-refractivity contribution < 1.29 is 4.79 Å². The first-order valence-corrected chi connectivity index (χ1v) is 9.03. The van der Waals surface area contributed by atoms with Crippen molar-refractivity contribution in [3.8, 4) is 0 Å². The summed E-state index contributed by atoms with van der Waals surface area (Å²) in [6, 6.07) is 1.88. The highest BCUT2D eigenvalue weighted by Gasteiger charge is 2.31. The topological polar surface area (TPSA) is 29.1 Å². The van der Waals surface area contributed by atoms with Crippen LogP contribution in [-0.2, 0) is 0 Å². The van der Waals surface area contributed by atoms with Gasteiger partial charge in [0.2, 0.25) is 0 Å². The maximum atomic E-state index is 12.0. The summed E-state index contributed by atoms with van der Waals surface area (Å²) in [6.45, 7) is 0.782. The summed E-state index contributed by atoms with van der Waals surface area (Å²) in [7, 11) is 0. The molecule has 1 aliphatic carbocycles. The van der Waals surface area contributed by atoms with Crippen molar-refractivity contribution in [2.75, 3.05) is 11.9 Å². The van der Waals surface area contributed by atoms with Gasteiger partial charge in [0.1, 0.15) is 0 Å². The summed E-state index contributed by atoms with van der Waals surface area (Å²) >= 11 is 8.55. The molecule has 1 aromatic heterocycles. The minimum absolute atomic E-state index is 0.0443. The molecule has 0 atom stereocenters. The zero-order valence-electron chi connectivity index (χ0n) is 10.2. The number of thiophene rings is 1. The fourth-order valence-electron chi connectivity index (χ4n) is 2.46. The lowest BCUT2D eigenvalue weighted by Crippen LogP contribution is -2.40. The smallest absolute Gasteiger partial charge is 0.252 e. The Morgan fingerprint density at radius 1 is 1.39 bits per heavy atom. The Bertz CT molecular complexity index is 413. The van der Waals surface area contributed by atoms with Crippen molar-refractivity contribution in [3.63, 3.8) is 0 Å². The predicted molar refractivity (Wildman–Crippen MR) is 83.7 cm³/mol. The van der Waals surface area contributed by atoms with Gasteiger partial charge >= 0.3 is 0 Å². The summed E-state index contributed by atoms with van der Waals surface area (Å²) in [6.07, 6.45) is 6.33. The van der Waals surface area contributed by atoms with E-state index in [-0.39, 0.29) is 11.3 Å². The quantitative estimate of drug-likeness (QED) is 0.743. The van der Waals surface area contributed by atoms with Crippen molar-refractivity contribution in [3.05, 3.63) is 20.8 Å². The van der Waals surface area contributed by atoms with Gasteiger partial charge in [-0.15, -0.1) is 11.3 Å². The minimum atomic E-state index is 0.0443. The molecule has 18 heavy (non-hydrogen) atoms. The second-order valence-corrected chi connectivity index (χ2v) is 7.87. The Morgan fingerprint density at radius 3 is 2.67 bits per heavy atom. The van der Waals surface area contributed by atoms with E-state index < -0.39 is 0 Å². The predicted octanol–water partition coefficient (Wildman–Crippen LogP) is 4.59. The van der Waals surface area contributed by atoms with E-state index in [4.69, 9.17) is 0 Å². The number of nitrogens with one attached hydrogen (secondary N) is 1. The molecule has 100 valence electrons. The lowest BCUT2D eigenvalue weighted by Gasteiger charge is -2.35. The molecule has 1 N–H and O–H groups in total. The van der Waals surface area contributed by atoms with Gasteiger partial charge in [0, 0.05) is 17.3 Å². The third-order valence-corrected chi connectivity index (χ3v) is 6.35. The number of carbonyl (C=O) groups is 1. The molecule has 1 fully saturated rings. The molecule has 0 aliphatic heterocycles. The molecule has 0 radical (unpaired) electrons. The van der Waals surface area contributed by atoms with Crippen LogP contribution in [0, 0.1) is 5.41 Å². The van der Waals surface area contributed by atoms with Crippen molar-refractivity contribution >= 4 is 49.1 Å². The van der Waals surface area contributed by atoms with E-state index in [1.54, 1.807) is 11.3 Å². The van der Waals surface area contributed by atoms with Crippen LogP contribution in [0.3, 0.4) is 0 Å². The fourth-order valence-corrected chi connectivity index (χ4v) is 4.35. The molecule has 0 aromatic carbocycles. The maximum Gasteiger partial charge on any atom is 0.252 e. The third kappa shape index (κ3) is 3.58. The van der Waals surface area contributed by atoms with E-state index in [9.17, 15) is 4.79 Å². The van der Waals surface area contributed by atoms with E-state index in [1.165, 1.54) is 32.1 Å². The van der Waals surface area contributed by atoms with Gasteiger partial charge in [-0.2, -0.15) is 0 Å². The largest absolute Gasteiger partial charge is 0.351 e. The molecule has 1 saturated carbocycles. The van der Waals surface area contributed by atoms with Gasteiger partial charge in [0.15, 0.2) is 0 Å². The average Bonchev–Trinajstić information content (AvgIpc) is 2.84. The Hall–Kier alpha value is 0.130. The van der Waals surface area contributed by atoms with Crippen LogP contribution in [0.2, 0.25) is 0 Å². The van der Waals surface area contributed by atoms with Gasteiger partial charge in [-0.05, 0) is 40.3 Å². The maximum absolute atomic E-state index is 12.0. The van der Waals surface area contributed by atoms with Gasteiger partial charge in [0.05, 0.1) is 9.35 Å². The van der Waals surface area contributed by atoms with Crippen LogP contribution in [-0.4, -0.2) is 17.8 Å². The van der Waals surface area contributed by atoms with E-state index >= 15 is 0 Å². The first-order valence-electron chi connectivity index (χ1n) is 6.23. The Kier molecular flexibility index (Phi) is 5.27. The number of hydrogen-bond donors (Lipinski definition) is 1. The van der Waals surface area contributed by atoms with Gasteiger partial charge in [0.25, 0.3) is 5.91 Å². The number of alkyl halides is 1. The van der Waals surface area contributed by atoms with E-state index in [0.717, 1.165) is 21.2 Å². The second kappa shape index (κ2) is 6.53. The summed E-state index contributed by atoms with van der Waals surface area (Å²) < 4.78 is 1.00. The Labute approximate surface area is 129 Å². The van der Waals surface area contributed by atoms with Crippen LogP contribution >= 0.6 is 43.2 Å². The van der Waals surface area contributed by atoms with Crippen LogP contribution in [0.4, 0.5) is 0 Å². The summed E-state index contributed by atoms with van der Waals surface area (Å²) in [5, 5.41) is 5.96. The summed E-state index contributed by atoms with van der Waals surface area (Å²) in [5.41, 5.74) is 1.02. The van der Waals surface area contributed by atoms with Crippen molar-refractivity contribution in [1.82, 2.24) is 5.32 Å². The molecule has 1 aliphatic rings. The van der Waals surface area contributed by atoms with Crippen LogP contribution in [0.5, 0.6) is 0 Å². The minimum Gasteiger partial charge on any atom is -0.351 e. The summed E-state index contributed by atoms with van der Waals surface area (Å²) in [4.78, 5) is 12.0. The number of halogens is 2. The Morgan fingerprint density at radius 2 is 2.11 bits per heavy atom. The van der Waals surface area contributed by atoms with Crippen LogP contribution < -0.4 is 5.32 Å². The molecular weight excluding hydrogens is 378 g/mol. The molecule has 0 bridgehead atoms. The zero-order chi connectivity index (χ0) is 13.0. The van der Waals surface area contributed by atoms with Gasteiger partial charge in [-0.1, -0.05) is 35.2 Å². The van der Waals surface area contributed by atoms with Crippen molar-refractivity contribution in [1.29, 1.82) is 0 Å². The number of carbonyl (C=O) groups excluding carboxylic acids is 1. The molecule has 0 spiro atoms. The monoisotopic (exact) mass is 393 g/mol. The molecule has 0 unspecified atom stereocenters. The SMILES string of the molecule is O=C(NCC1(CBr)CCCCC1)c1csc(Br)c1. The highest BCUT2D eigenvalue weighted by molar-refractivity contribution is 9.11. The molecule has 1 amide bonds. The second-order valence-electron chi connectivity index (χ2n) is 5.02. The first kappa shape index (κ1) is 14.5. The molecule has 2 nitrogen and oxygen atoms in total. The van der Waals surface area contributed by atoms with Gasteiger partial charge in [-0.25, -0.2) is 0 Å². The normalized spacial score (nSPS) is 18.6. The van der Waals surface area contributed by atoms with Crippen molar-refractivity contribution in [2.24, 2.45) is 5.41 Å². The molecular formula is C13H17Br2NOS. The molecule has 1 aromatic rings. The molecule has 5 heteroatoms. The molecule has 0 saturated heterocycles. The average molecular weight is 395 g/mol.